The zero-order valence-corrected chi connectivity index (χ0v) is 9.71. The van der Waals surface area contributed by atoms with Crippen molar-refractivity contribution in [2.75, 3.05) is 12.3 Å². The highest BCUT2D eigenvalue weighted by molar-refractivity contribution is 7.90. The summed E-state index contributed by atoms with van der Waals surface area (Å²) in [6.07, 6.45) is 1.22. The summed E-state index contributed by atoms with van der Waals surface area (Å²) < 4.78 is 26.4. The van der Waals surface area contributed by atoms with E-state index >= 15 is 0 Å². The van der Waals surface area contributed by atoms with Crippen LogP contribution in [0.2, 0.25) is 0 Å². The van der Waals surface area contributed by atoms with Crippen molar-refractivity contribution in [3.63, 3.8) is 0 Å². The topological polar surface area (TPSA) is 119 Å². The molecule has 0 spiro atoms. The Morgan fingerprint density at radius 3 is 2.69 bits per heavy atom. The molecule has 90 valence electrons. The highest BCUT2D eigenvalue weighted by atomic mass is 32.2. The molecule has 2 amide bonds. The first-order valence-electron chi connectivity index (χ1n) is 4.46. The summed E-state index contributed by atoms with van der Waals surface area (Å²) in [5.74, 6) is -0.153. The molecular weight excluding hydrogens is 234 g/mol. The van der Waals surface area contributed by atoms with E-state index in [1.54, 1.807) is 6.92 Å². The fourth-order valence-electron chi connectivity index (χ4n) is 1.06. The fraction of sp³-hybridized carbons (Fsp3) is 0.429. The molecule has 1 aromatic heterocycles. The molecule has 0 unspecified atom stereocenters. The number of aromatic nitrogens is 2. The van der Waals surface area contributed by atoms with Crippen molar-refractivity contribution in [2.24, 2.45) is 7.05 Å². The van der Waals surface area contributed by atoms with Crippen molar-refractivity contribution in [1.82, 2.24) is 19.8 Å². The lowest BCUT2D eigenvalue weighted by atomic mass is 10.7. The van der Waals surface area contributed by atoms with Crippen LogP contribution in [0.15, 0.2) is 11.1 Å². The summed E-state index contributed by atoms with van der Waals surface area (Å²) in [5.41, 5.74) is 5.39. The van der Waals surface area contributed by atoms with Crippen LogP contribution in [-0.2, 0) is 17.1 Å². The van der Waals surface area contributed by atoms with Crippen LogP contribution in [0.4, 0.5) is 10.6 Å². The Hall–Kier alpha value is -1.77. The zero-order valence-electron chi connectivity index (χ0n) is 8.89. The number of sulfonamides is 1. The van der Waals surface area contributed by atoms with Gasteiger partial charge in [0.25, 0.3) is 10.0 Å². The van der Waals surface area contributed by atoms with Crippen molar-refractivity contribution in [3.05, 3.63) is 6.20 Å². The van der Waals surface area contributed by atoms with Crippen LogP contribution in [0.25, 0.3) is 0 Å². The largest absolute Gasteiger partial charge is 0.381 e. The maximum absolute atomic E-state index is 11.6. The monoisotopic (exact) mass is 247 g/mol. The van der Waals surface area contributed by atoms with Crippen molar-refractivity contribution in [1.29, 1.82) is 0 Å². The van der Waals surface area contributed by atoms with Gasteiger partial charge in [-0.3, -0.25) is 4.68 Å². The molecule has 0 aromatic carbocycles. The number of amides is 2. The van der Waals surface area contributed by atoms with Crippen molar-refractivity contribution in [2.45, 2.75) is 11.8 Å². The fourth-order valence-corrected chi connectivity index (χ4v) is 2.10. The average molecular weight is 247 g/mol. The number of anilines is 1. The lowest BCUT2D eigenvalue weighted by molar-refractivity contribution is 0.246. The van der Waals surface area contributed by atoms with E-state index in [0.29, 0.717) is 6.54 Å². The van der Waals surface area contributed by atoms with Crippen LogP contribution >= 0.6 is 0 Å². The van der Waals surface area contributed by atoms with Gasteiger partial charge in [-0.1, -0.05) is 0 Å². The van der Waals surface area contributed by atoms with E-state index in [2.05, 4.69) is 10.4 Å². The van der Waals surface area contributed by atoms with E-state index in [1.165, 1.54) is 17.9 Å². The van der Waals surface area contributed by atoms with Crippen molar-refractivity contribution >= 4 is 21.9 Å². The van der Waals surface area contributed by atoms with Crippen LogP contribution in [0.5, 0.6) is 0 Å². The molecule has 0 aliphatic rings. The van der Waals surface area contributed by atoms with Gasteiger partial charge < -0.3 is 11.1 Å². The van der Waals surface area contributed by atoms with Gasteiger partial charge in [0.2, 0.25) is 0 Å². The molecule has 0 aliphatic heterocycles. The summed E-state index contributed by atoms with van der Waals surface area (Å²) in [6.45, 7) is 1.99. The lowest BCUT2D eigenvalue weighted by Gasteiger charge is -2.05. The minimum Gasteiger partial charge on any atom is -0.381 e. The minimum absolute atomic E-state index is 0.153. The maximum atomic E-state index is 11.6. The van der Waals surface area contributed by atoms with Gasteiger partial charge in [0.15, 0.2) is 5.82 Å². The Labute approximate surface area is 92.9 Å². The lowest BCUT2D eigenvalue weighted by Crippen LogP contribution is -2.39. The zero-order chi connectivity index (χ0) is 12.3. The van der Waals surface area contributed by atoms with Gasteiger partial charge >= 0.3 is 6.03 Å². The number of hydrogen-bond acceptors (Lipinski definition) is 5. The Morgan fingerprint density at radius 2 is 2.25 bits per heavy atom. The molecule has 0 atom stereocenters. The summed E-state index contributed by atoms with van der Waals surface area (Å²) in [7, 11) is -2.43. The molecule has 1 rings (SSSR count). The Morgan fingerprint density at radius 1 is 1.62 bits per heavy atom. The standard InChI is InChI=1S/C7H13N5O3S/c1-3-9-7(13)11-16(14,15)5-4-12(2)10-6(5)8/h4H,3H2,1-2H3,(H2,8,10)(H2,9,11,13). The Kier molecular flexibility index (Phi) is 3.38. The molecule has 0 fully saturated rings. The summed E-state index contributed by atoms with van der Waals surface area (Å²) >= 11 is 0. The summed E-state index contributed by atoms with van der Waals surface area (Å²) in [6, 6.07) is -0.800. The molecule has 1 heterocycles. The second-order valence-corrected chi connectivity index (χ2v) is 4.67. The molecule has 8 nitrogen and oxygen atoms in total. The van der Waals surface area contributed by atoms with Gasteiger partial charge in [-0.15, -0.1) is 0 Å². The smallest absolute Gasteiger partial charge is 0.328 e. The number of nitrogens with two attached hydrogens (primary N) is 1. The average Bonchev–Trinajstić information content (AvgIpc) is 2.45. The predicted octanol–water partition coefficient (Wildman–Crippen LogP) is -0.990. The molecule has 9 heteroatoms. The first-order valence-corrected chi connectivity index (χ1v) is 5.95. The molecule has 0 saturated heterocycles. The second-order valence-electron chi connectivity index (χ2n) is 3.02. The SMILES string of the molecule is CCNC(=O)NS(=O)(=O)c1cn(C)nc1N. The van der Waals surface area contributed by atoms with Gasteiger partial charge in [0, 0.05) is 19.8 Å². The quantitative estimate of drug-likeness (QED) is 0.633. The highest BCUT2D eigenvalue weighted by Gasteiger charge is 2.22. The summed E-state index contributed by atoms with van der Waals surface area (Å²) in [5, 5.41) is 5.97. The number of carbonyl (C=O) groups excluding carboxylic acids is 1. The third kappa shape index (κ3) is 2.63. The van der Waals surface area contributed by atoms with E-state index in [4.69, 9.17) is 5.73 Å². The molecular formula is C7H13N5O3S. The predicted molar refractivity (Wildman–Crippen MR) is 57.0 cm³/mol. The third-order valence-corrected chi connectivity index (χ3v) is 3.02. The minimum atomic E-state index is -3.96. The van der Waals surface area contributed by atoms with E-state index in [0.717, 1.165) is 0 Å². The Balaban J connectivity index is 2.95. The van der Waals surface area contributed by atoms with Crippen molar-refractivity contribution < 1.29 is 13.2 Å². The number of aryl methyl sites for hydroxylation is 1. The number of urea groups is 1. The molecule has 0 aliphatic carbocycles. The van der Waals surface area contributed by atoms with Crippen molar-refractivity contribution in [3.8, 4) is 0 Å². The van der Waals surface area contributed by atoms with Gasteiger partial charge in [-0.25, -0.2) is 17.9 Å². The van der Waals surface area contributed by atoms with Crippen LogP contribution in [0.3, 0.4) is 0 Å². The molecule has 0 radical (unpaired) electrons. The molecule has 16 heavy (non-hydrogen) atoms. The molecule has 0 saturated carbocycles. The van der Waals surface area contributed by atoms with Crippen LogP contribution in [0, 0.1) is 0 Å². The van der Waals surface area contributed by atoms with Gasteiger partial charge in [0.1, 0.15) is 4.90 Å². The van der Waals surface area contributed by atoms with Gasteiger partial charge in [-0.2, -0.15) is 5.10 Å². The second kappa shape index (κ2) is 4.39. The van der Waals surface area contributed by atoms with Crippen LogP contribution in [0.1, 0.15) is 6.92 Å². The first kappa shape index (κ1) is 12.3. The molecule has 4 N–H and O–H groups in total. The van der Waals surface area contributed by atoms with E-state index in [-0.39, 0.29) is 10.7 Å². The van der Waals surface area contributed by atoms with E-state index < -0.39 is 16.1 Å². The van der Waals surface area contributed by atoms with Gasteiger partial charge in [-0.05, 0) is 6.92 Å². The maximum Gasteiger partial charge on any atom is 0.328 e. The number of nitrogens with zero attached hydrogens (tertiary/aromatic N) is 2. The number of carbonyl (C=O) groups is 1. The highest BCUT2D eigenvalue weighted by Crippen LogP contribution is 2.14. The molecule has 1 aromatic rings. The van der Waals surface area contributed by atoms with Gasteiger partial charge in [0.05, 0.1) is 0 Å². The first-order chi connectivity index (χ1) is 7.36. The van der Waals surface area contributed by atoms with Crippen LogP contribution < -0.4 is 15.8 Å². The number of nitrogens with one attached hydrogen (secondary N) is 2. The normalized spacial score (nSPS) is 11.1. The number of rotatable bonds is 3. The number of hydrogen-bond donors (Lipinski definition) is 3. The Bertz CT molecular complexity index is 492. The molecule has 0 bridgehead atoms. The number of nitrogen functional groups attached to an aromatic ring is 1. The van der Waals surface area contributed by atoms with Crippen LogP contribution in [-0.4, -0.2) is 30.8 Å². The third-order valence-electron chi connectivity index (χ3n) is 1.68. The van der Waals surface area contributed by atoms with E-state index in [9.17, 15) is 13.2 Å². The summed E-state index contributed by atoms with van der Waals surface area (Å²) in [4.78, 5) is 10.9. The van der Waals surface area contributed by atoms with E-state index in [1.807, 2.05) is 4.72 Å².